The monoisotopic (exact) mass is 404 g/mol. The molecule has 0 aliphatic carbocycles. The summed E-state index contributed by atoms with van der Waals surface area (Å²) in [7, 11) is -0.926. The summed E-state index contributed by atoms with van der Waals surface area (Å²) < 4.78 is 0. The van der Waals surface area contributed by atoms with E-state index in [-0.39, 0.29) is 0 Å². The molecule has 0 saturated carbocycles. The Balaban J connectivity index is 2.03. The predicted molar refractivity (Wildman–Crippen MR) is 137 cm³/mol. The lowest BCUT2D eigenvalue weighted by molar-refractivity contribution is 1.67. The third kappa shape index (κ3) is 3.34. The first-order valence-corrected chi connectivity index (χ1v) is 13.0. The molecule has 0 aliphatic heterocycles. The van der Waals surface area contributed by atoms with Gasteiger partial charge in [0.25, 0.3) is 0 Å². The second kappa shape index (κ2) is 7.24. The Morgan fingerprint density at radius 1 is 0.567 bits per heavy atom. The van der Waals surface area contributed by atoms with E-state index in [9.17, 15) is 0 Å². The van der Waals surface area contributed by atoms with Gasteiger partial charge in [0.05, 0.1) is 0 Å². The quantitative estimate of drug-likeness (QED) is 0.197. The van der Waals surface area contributed by atoms with E-state index in [4.69, 9.17) is 0 Å². The molecule has 1 heteroatoms. The Labute approximate surface area is 179 Å². The standard InChI is InChI=1S/C29H24S/c1-30(2,3)18-17-25-24-15-9-10-16-26(24)29(21-11-5-4-6-12-21)28-20-23-14-8-7-13-22(23)19-27(25)28/h4-16,19-20H,1-3H3. The van der Waals surface area contributed by atoms with Crippen LogP contribution in [0.15, 0.2) is 91.0 Å². The number of hydrogen-bond acceptors (Lipinski definition) is 0. The van der Waals surface area contributed by atoms with Crippen LogP contribution in [0, 0.1) is 11.2 Å². The zero-order valence-electron chi connectivity index (χ0n) is 17.6. The number of hydrogen-bond donors (Lipinski definition) is 0. The van der Waals surface area contributed by atoms with Crippen molar-refractivity contribution in [1.82, 2.24) is 0 Å². The van der Waals surface area contributed by atoms with Crippen LogP contribution < -0.4 is 0 Å². The van der Waals surface area contributed by atoms with E-state index in [2.05, 4.69) is 121 Å². The molecule has 5 rings (SSSR count). The minimum atomic E-state index is -0.926. The maximum atomic E-state index is 3.60. The van der Waals surface area contributed by atoms with Gasteiger partial charge >= 0.3 is 0 Å². The topological polar surface area (TPSA) is 0 Å². The first-order valence-electron chi connectivity index (χ1n) is 10.1. The number of rotatable bonds is 1. The van der Waals surface area contributed by atoms with Crippen LogP contribution in [0.2, 0.25) is 0 Å². The normalized spacial score (nSPS) is 12.1. The van der Waals surface area contributed by atoms with Crippen molar-refractivity contribution < 1.29 is 0 Å². The summed E-state index contributed by atoms with van der Waals surface area (Å²) in [6.45, 7) is 0. The molecule has 0 heterocycles. The van der Waals surface area contributed by atoms with Gasteiger partial charge in [0.15, 0.2) is 0 Å². The minimum Gasteiger partial charge on any atom is -0.186 e. The maximum Gasteiger partial charge on any atom is 0.0411 e. The van der Waals surface area contributed by atoms with Crippen molar-refractivity contribution in [2.45, 2.75) is 0 Å². The van der Waals surface area contributed by atoms with Gasteiger partial charge < -0.3 is 0 Å². The van der Waals surface area contributed by atoms with E-state index in [1.165, 1.54) is 43.4 Å². The van der Waals surface area contributed by atoms with Gasteiger partial charge in [-0.3, -0.25) is 0 Å². The first kappa shape index (κ1) is 18.8. The Bertz CT molecular complexity index is 1460. The average molecular weight is 405 g/mol. The van der Waals surface area contributed by atoms with E-state index in [0.717, 1.165) is 5.56 Å². The van der Waals surface area contributed by atoms with Gasteiger partial charge in [0, 0.05) is 5.56 Å². The molecular formula is C29H24S. The fourth-order valence-electron chi connectivity index (χ4n) is 4.12. The van der Waals surface area contributed by atoms with Crippen LogP contribution in [0.5, 0.6) is 0 Å². The smallest absolute Gasteiger partial charge is 0.0411 e. The van der Waals surface area contributed by atoms with E-state index in [1.54, 1.807) is 0 Å². The van der Waals surface area contributed by atoms with E-state index in [1.807, 2.05) is 0 Å². The van der Waals surface area contributed by atoms with Crippen molar-refractivity contribution in [1.29, 1.82) is 0 Å². The highest BCUT2D eigenvalue weighted by atomic mass is 32.3. The van der Waals surface area contributed by atoms with Gasteiger partial charge in [0.2, 0.25) is 0 Å². The fourth-order valence-corrected chi connectivity index (χ4v) is 4.53. The molecular weight excluding hydrogens is 380 g/mol. The van der Waals surface area contributed by atoms with Crippen LogP contribution >= 0.6 is 10.0 Å². The summed E-state index contributed by atoms with van der Waals surface area (Å²) in [4.78, 5) is 0. The van der Waals surface area contributed by atoms with Crippen LogP contribution in [0.4, 0.5) is 0 Å². The third-order valence-corrected chi connectivity index (χ3v) is 6.15. The molecule has 0 nitrogen and oxygen atoms in total. The molecule has 0 bridgehead atoms. The average Bonchev–Trinajstić information content (AvgIpc) is 2.75. The lowest BCUT2D eigenvalue weighted by Gasteiger charge is -2.17. The molecule has 5 aromatic carbocycles. The molecule has 146 valence electrons. The highest BCUT2D eigenvalue weighted by molar-refractivity contribution is 8.35. The SMILES string of the molecule is CS(C)(C)C#Cc1c2ccccc2c(-c2ccccc2)c2cc3ccccc3cc12. The van der Waals surface area contributed by atoms with E-state index >= 15 is 0 Å². The summed E-state index contributed by atoms with van der Waals surface area (Å²) in [5.74, 6) is 3.60. The molecule has 0 aliphatic rings. The molecule has 30 heavy (non-hydrogen) atoms. The van der Waals surface area contributed by atoms with Crippen molar-refractivity contribution in [2.75, 3.05) is 18.8 Å². The molecule has 0 fully saturated rings. The summed E-state index contributed by atoms with van der Waals surface area (Å²) in [5.41, 5.74) is 3.68. The second-order valence-electron chi connectivity index (χ2n) is 8.47. The van der Waals surface area contributed by atoms with Gasteiger partial charge in [-0.1, -0.05) is 84.8 Å². The summed E-state index contributed by atoms with van der Waals surface area (Å²) in [6, 6.07) is 32.7. The Hall–Kier alpha value is -3.21. The Kier molecular flexibility index (Phi) is 4.54. The van der Waals surface area contributed by atoms with Crippen molar-refractivity contribution in [3.8, 4) is 22.3 Å². The van der Waals surface area contributed by atoms with Crippen LogP contribution in [0.25, 0.3) is 43.4 Å². The largest absolute Gasteiger partial charge is 0.186 e. The fraction of sp³-hybridized carbons (Fsp3) is 0.103. The van der Waals surface area contributed by atoms with Crippen molar-refractivity contribution >= 4 is 42.3 Å². The van der Waals surface area contributed by atoms with Gasteiger partial charge in [0.1, 0.15) is 0 Å². The summed E-state index contributed by atoms with van der Waals surface area (Å²) in [6.07, 6.45) is 6.74. The van der Waals surface area contributed by atoms with Crippen LogP contribution in [-0.4, -0.2) is 18.8 Å². The Morgan fingerprint density at radius 3 is 1.80 bits per heavy atom. The first-order chi connectivity index (χ1) is 14.5. The van der Waals surface area contributed by atoms with E-state index in [0.29, 0.717) is 0 Å². The molecule has 0 spiro atoms. The lowest BCUT2D eigenvalue weighted by atomic mass is 9.87. The highest BCUT2D eigenvalue weighted by Crippen LogP contribution is 2.41. The molecule has 0 saturated heterocycles. The molecule has 5 aromatic rings. The van der Waals surface area contributed by atoms with Crippen molar-refractivity contribution in [3.63, 3.8) is 0 Å². The summed E-state index contributed by atoms with van der Waals surface area (Å²) >= 11 is 0. The van der Waals surface area contributed by atoms with Gasteiger partial charge in [-0.25, -0.2) is 0 Å². The molecule has 0 unspecified atom stereocenters. The van der Waals surface area contributed by atoms with Gasteiger partial charge in [-0.2, -0.15) is 10.0 Å². The third-order valence-electron chi connectivity index (χ3n) is 5.43. The zero-order chi connectivity index (χ0) is 20.7. The zero-order valence-corrected chi connectivity index (χ0v) is 18.4. The lowest BCUT2D eigenvalue weighted by Crippen LogP contribution is -1.92. The maximum absolute atomic E-state index is 3.60. The van der Waals surface area contributed by atoms with Crippen LogP contribution in [0.1, 0.15) is 5.56 Å². The summed E-state index contributed by atoms with van der Waals surface area (Å²) in [5, 5.41) is 11.1. The Morgan fingerprint density at radius 2 is 1.13 bits per heavy atom. The molecule has 0 radical (unpaired) electrons. The molecule has 0 amide bonds. The number of fused-ring (bicyclic) bond motifs is 3. The highest BCUT2D eigenvalue weighted by Gasteiger charge is 2.15. The van der Waals surface area contributed by atoms with E-state index < -0.39 is 10.0 Å². The van der Waals surface area contributed by atoms with Crippen molar-refractivity contribution in [3.05, 3.63) is 96.6 Å². The number of benzene rings is 5. The van der Waals surface area contributed by atoms with Gasteiger partial charge in [-0.15, -0.1) is 0 Å². The second-order valence-corrected chi connectivity index (χ2v) is 12.3. The molecule has 0 N–H and O–H groups in total. The van der Waals surface area contributed by atoms with Crippen LogP contribution in [0.3, 0.4) is 0 Å². The van der Waals surface area contributed by atoms with Gasteiger partial charge in [-0.05, 0) is 79.6 Å². The van der Waals surface area contributed by atoms with Crippen molar-refractivity contribution in [2.24, 2.45) is 0 Å². The predicted octanol–water partition coefficient (Wildman–Crippen LogP) is 7.82. The minimum absolute atomic E-state index is 0.926. The molecule has 0 atom stereocenters. The molecule has 0 aromatic heterocycles. The van der Waals surface area contributed by atoms with Crippen LogP contribution in [-0.2, 0) is 0 Å².